The highest BCUT2D eigenvalue weighted by molar-refractivity contribution is 7.16. The second kappa shape index (κ2) is 5.40. The Morgan fingerprint density at radius 1 is 1.50 bits per heavy atom. The topological polar surface area (TPSA) is 62.1 Å². The normalized spacial score (nSPS) is 11.2. The van der Waals surface area contributed by atoms with Gasteiger partial charge >= 0.3 is 6.09 Å². The van der Waals surface area contributed by atoms with Crippen molar-refractivity contribution in [2.24, 2.45) is 0 Å². The molecule has 0 aliphatic carbocycles. The molecule has 0 fully saturated rings. The van der Waals surface area contributed by atoms with Crippen LogP contribution in [0.25, 0.3) is 0 Å². The van der Waals surface area contributed by atoms with Gasteiger partial charge in [-0.3, -0.25) is 5.32 Å². The number of nitrogens with one attached hydrogen (secondary N) is 1. The number of amides is 1. The largest absolute Gasteiger partial charge is 0.444 e. The third-order valence-electron chi connectivity index (χ3n) is 2.06. The van der Waals surface area contributed by atoms with Crippen LogP contribution in [-0.2, 0) is 4.74 Å². The number of hydrogen-bond donors (Lipinski definition) is 1. The van der Waals surface area contributed by atoms with Crippen molar-refractivity contribution in [1.29, 1.82) is 5.26 Å². The van der Waals surface area contributed by atoms with Gasteiger partial charge in [0.15, 0.2) is 0 Å². The lowest BCUT2D eigenvalue weighted by Gasteiger charge is -2.19. The lowest BCUT2D eigenvalue weighted by molar-refractivity contribution is 0.0636. The molecule has 1 aromatic rings. The highest BCUT2D eigenvalue weighted by atomic mass is 32.1. The molecule has 1 N–H and O–H groups in total. The summed E-state index contributed by atoms with van der Waals surface area (Å²) in [6, 6.07) is 3.89. The Balaban J connectivity index is 2.85. The Morgan fingerprint density at radius 3 is 2.56 bits per heavy atom. The number of thiophene rings is 1. The number of nitriles is 1. The molecule has 0 saturated carbocycles. The number of nitrogens with zero attached hydrogens (tertiary/aromatic N) is 1. The molecule has 0 unspecified atom stereocenters. The van der Waals surface area contributed by atoms with Crippen LogP contribution in [0.5, 0.6) is 0 Å². The molecule has 5 heteroatoms. The van der Waals surface area contributed by atoms with Crippen LogP contribution in [0.1, 0.15) is 51.0 Å². The van der Waals surface area contributed by atoms with Gasteiger partial charge in [0.25, 0.3) is 0 Å². The van der Waals surface area contributed by atoms with E-state index < -0.39 is 11.7 Å². The summed E-state index contributed by atoms with van der Waals surface area (Å²) in [6.45, 7) is 9.48. The molecule has 0 aliphatic heterocycles. The van der Waals surface area contributed by atoms with Crippen LogP contribution < -0.4 is 5.32 Å². The minimum absolute atomic E-state index is 0.330. The maximum absolute atomic E-state index is 11.6. The number of carbonyl (C=O) groups is 1. The van der Waals surface area contributed by atoms with Crippen LogP contribution in [0.3, 0.4) is 0 Å². The molecule has 0 radical (unpaired) electrons. The minimum Gasteiger partial charge on any atom is -0.444 e. The highest BCUT2D eigenvalue weighted by Crippen LogP contribution is 2.32. The third-order valence-corrected chi connectivity index (χ3v) is 3.41. The van der Waals surface area contributed by atoms with Crippen molar-refractivity contribution in [3.63, 3.8) is 0 Å². The zero-order chi connectivity index (χ0) is 13.9. The van der Waals surface area contributed by atoms with E-state index in [-0.39, 0.29) is 0 Å². The summed E-state index contributed by atoms with van der Waals surface area (Å²) in [5, 5.41) is 12.2. The fourth-order valence-electron chi connectivity index (χ4n) is 1.27. The van der Waals surface area contributed by atoms with Crippen LogP contribution in [0.15, 0.2) is 6.07 Å². The van der Waals surface area contributed by atoms with Gasteiger partial charge in [-0.1, -0.05) is 13.8 Å². The average molecular weight is 266 g/mol. The Bertz CT molecular complexity index is 478. The van der Waals surface area contributed by atoms with E-state index in [0.29, 0.717) is 16.5 Å². The molecule has 18 heavy (non-hydrogen) atoms. The van der Waals surface area contributed by atoms with Crippen LogP contribution in [-0.4, -0.2) is 11.7 Å². The van der Waals surface area contributed by atoms with Crippen LogP contribution in [0.4, 0.5) is 9.80 Å². The van der Waals surface area contributed by atoms with E-state index >= 15 is 0 Å². The standard InChI is InChI=1S/C13H18N2O2S/c1-8(2)10-6-9(7-14)11(18-10)15-12(16)17-13(3,4)5/h6,8H,1-5H3,(H,15,16). The van der Waals surface area contributed by atoms with E-state index in [1.807, 2.05) is 19.9 Å². The van der Waals surface area contributed by atoms with Crippen molar-refractivity contribution in [2.75, 3.05) is 5.32 Å². The molecule has 0 saturated heterocycles. The van der Waals surface area contributed by atoms with Gasteiger partial charge in [0, 0.05) is 4.88 Å². The molecule has 1 heterocycles. The first-order valence-corrected chi connectivity index (χ1v) is 6.58. The van der Waals surface area contributed by atoms with Crippen LogP contribution in [0.2, 0.25) is 0 Å². The first-order chi connectivity index (χ1) is 8.23. The second-order valence-corrected chi connectivity index (χ2v) is 6.37. The summed E-state index contributed by atoms with van der Waals surface area (Å²) in [7, 11) is 0. The van der Waals surface area contributed by atoms with Gasteiger partial charge in [0.2, 0.25) is 0 Å². The van der Waals surface area contributed by atoms with Crippen LogP contribution in [0, 0.1) is 11.3 Å². The summed E-state index contributed by atoms with van der Waals surface area (Å²) in [6.07, 6.45) is -0.531. The summed E-state index contributed by atoms with van der Waals surface area (Å²) in [5.74, 6) is 0.330. The molecule has 4 nitrogen and oxygen atoms in total. The molecule has 1 rings (SSSR count). The van der Waals surface area contributed by atoms with Gasteiger partial charge in [-0.2, -0.15) is 5.26 Å². The molecular formula is C13H18N2O2S. The fourth-order valence-corrected chi connectivity index (χ4v) is 2.26. The van der Waals surface area contributed by atoms with E-state index in [1.54, 1.807) is 20.8 Å². The predicted molar refractivity (Wildman–Crippen MR) is 73.0 cm³/mol. The van der Waals surface area contributed by atoms with E-state index in [0.717, 1.165) is 4.88 Å². The average Bonchev–Trinajstić information content (AvgIpc) is 2.57. The Labute approximate surface area is 112 Å². The molecular weight excluding hydrogens is 248 g/mol. The predicted octanol–water partition coefficient (Wildman–Crippen LogP) is 4.09. The number of hydrogen-bond acceptors (Lipinski definition) is 4. The van der Waals surface area contributed by atoms with Crippen molar-refractivity contribution in [1.82, 2.24) is 0 Å². The lowest BCUT2D eigenvalue weighted by Crippen LogP contribution is -2.27. The SMILES string of the molecule is CC(C)c1cc(C#N)c(NC(=O)OC(C)(C)C)s1. The zero-order valence-electron chi connectivity index (χ0n) is 11.3. The number of carbonyl (C=O) groups excluding carboxylic acids is 1. The zero-order valence-corrected chi connectivity index (χ0v) is 12.1. The highest BCUT2D eigenvalue weighted by Gasteiger charge is 2.19. The quantitative estimate of drug-likeness (QED) is 0.876. The van der Waals surface area contributed by atoms with Crippen molar-refractivity contribution in [3.05, 3.63) is 16.5 Å². The summed E-state index contributed by atoms with van der Waals surface area (Å²) in [4.78, 5) is 12.7. The van der Waals surface area contributed by atoms with Gasteiger partial charge in [-0.05, 0) is 32.8 Å². The number of ether oxygens (including phenoxy) is 1. The smallest absolute Gasteiger partial charge is 0.412 e. The van der Waals surface area contributed by atoms with Crippen molar-refractivity contribution in [2.45, 2.75) is 46.1 Å². The van der Waals surface area contributed by atoms with Gasteiger partial charge in [0.1, 0.15) is 16.7 Å². The maximum Gasteiger partial charge on any atom is 0.412 e. The molecule has 1 aromatic heterocycles. The van der Waals surface area contributed by atoms with Gasteiger partial charge in [0.05, 0.1) is 5.56 Å². The van der Waals surface area contributed by atoms with Gasteiger partial charge in [-0.25, -0.2) is 4.79 Å². The van der Waals surface area contributed by atoms with E-state index in [4.69, 9.17) is 10.00 Å². The monoisotopic (exact) mass is 266 g/mol. The number of rotatable bonds is 2. The summed E-state index contributed by atoms with van der Waals surface area (Å²) in [5.41, 5.74) is -0.0655. The van der Waals surface area contributed by atoms with E-state index in [9.17, 15) is 4.79 Å². The van der Waals surface area contributed by atoms with Crippen LogP contribution >= 0.6 is 11.3 Å². The first kappa shape index (κ1) is 14.5. The molecule has 0 aromatic carbocycles. The van der Waals surface area contributed by atoms with Crippen molar-refractivity contribution < 1.29 is 9.53 Å². The van der Waals surface area contributed by atoms with Gasteiger partial charge in [-0.15, -0.1) is 11.3 Å². The summed E-state index contributed by atoms with van der Waals surface area (Å²) < 4.78 is 5.16. The molecule has 98 valence electrons. The Kier molecular flexibility index (Phi) is 4.36. The van der Waals surface area contributed by atoms with E-state index in [1.165, 1.54) is 11.3 Å². The third kappa shape index (κ3) is 4.04. The molecule has 0 aliphatic rings. The molecule has 0 spiro atoms. The summed E-state index contributed by atoms with van der Waals surface area (Å²) >= 11 is 1.41. The van der Waals surface area contributed by atoms with E-state index in [2.05, 4.69) is 11.4 Å². The molecule has 0 atom stereocenters. The molecule has 1 amide bonds. The first-order valence-electron chi connectivity index (χ1n) is 5.76. The van der Waals surface area contributed by atoms with Gasteiger partial charge < -0.3 is 4.74 Å². The Morgan fingerprint density at radius 2 is 2.11 bits per heavy atom. The number of anilines is 1. The maximum atomic E-state index is 11.6. The lowest BCUT2D eigenvalue weighted by atomic mass is 10.1. The van der Waals surface area contributed by atoms with Crippen molar-refractivity contribution in [3.8, 4) is 6.07 Å². The minimum atomic E-state index is -0.547. The molecule has 0 bridgehead atoms. The fraction of sp³-hybridized carbons (Fsp3) is 0.538. The Hall–Kier alpha value is -1.54. The second-order valence-electron chi connectivity index (χ2n) is 5.28. The van der Waals surface area contributed by atoms with Crippen molar-refractivity contribution >= 4 is 22.4 Å².